The molecule has 0 radical (unpaired) electrons. The maximum atomic E-state index is 12.4. The van der Waals surface area contributed by atoms with Gasteiger partial charge in [-0.15, -0.1) is 0 Å². The molecule has 2 rings (SSSR count). The molecule has 0 aromatic carbocycles. The van der Waals surface area contributed by atoms with Gasteiger partial charge in [0.15, 0.2) is 5.84 Å². The largest absolute Gasteiger partial charge is 0.466 e. The predicted molar refractivity (Wildman–Crippen MR) is 79.4 cm³/mol. The topological polar surface area (TPSA) is 101 Å². The summed E-state index contributed by atoms with van der Waals surface area (Å²) in [6.45, 7) is 3.55. The number of amidine groups is 1. The highest BCUT2D eigenvalue weighted by atomic mass is 16.4. The Hall–Kier alpha value is -1.98. The zero-order valence-electron chi connectivity index (χ0n) is 12.6. The molecule has 21 heavy (non-hydrogen) atoms. The molecule has 1 unspecified atom stereocenters. The highest BCUT2D eigenvalue weighted by molar-refractivity contribution is 5.99. The Bertz CT molecular complexity index is 530. The van der Waals surface area contributed by atoms with Crippen LogP contribution in [0.3, 0.4) is 0 Å². The van der Waals surface area contributed by atoms with E-state index in [0.29, 0.717) is 17.1 Å². The third kappa shape index (κ3) is 3.56. The number of nitrogens with one attached hydrogen (secondary N) is 1. The lowest BCUT2D eigenvalue weighted by atomic mass is 9.83. The molecule has 0 aliphatic heterocycles. The molecule has 1 atom stereocenters. The number of amides is 1. The van der Waals surface area contributed by atoms with Crippen molar-refractivity contribution in [2.24, 2.45) is 16.8 Å². The Kier molecular flexibility index (Phi) is 4.88. The quantitative estimate of drug-likeness (QED) is 0.343. The molecule has 0 bridgehead atoms. The van der Waals surface area contributed by atoms with Crippen molar-refractivity contribution in [2.75, 3.05) is 0 Å². The maximum Gasteiger partial charge on any atom is 0.255 e. The molecule has 6 nitrogen and oxygen atoms in total. The zero-order valence-corrected chi connectivity index (χ0v) is 12.6. The average Bonchev–Trinajstić information content (AvgIpc) is 2.83. The van der Waals surface area contributed by atoms with Crippen LogP contribution in [0.5, 0.6) is 0 Å². The van der Waals surface area contributed by atoms with E-state index in [2.05, 4.69) is 10.5 Å². The van der Waals surface area contributed by atoms with Crippen molar-refractivity contribution >= 4 is 11.7 Å². The fourth-order valence-corrected chi connectivity index (χ4v) is 3.04. The highest BCUT2D eigenvalue weighted by Gasteiger charge is 2.29. The van der Waals surface area contributed by atoms with E-state index in [0.717, 1.165) is 25.7 Å². The number of hydrogen-bond acceptors (Lipinski definition) is 4. The number of nitrogens with two attached hydrogens (primary N) is 1. The molecule has 1 aliphatic rings. The standard InChI is InChI=1S/C15H23N3O3/c1-9-8-12(10(2)21-9)15(19)17-13(14(16)18-20)11-6-4-3-5-7-11/h8,11,13,20H,3-7H2,1-2H3,(H2,16,18)(H,17,19). The summed E-state index contributed by atoms with van der Waals surface area (Å²) in [4.78, 5) is 12.4. The molecule has 1 aromatic heterocycles. The van der Waals surface area contributed by atoms with Gasteiger partial charge in [0.25, 0.3) is 5.91 Å². The summed E-state index contributed by atoms with van der Waals surface area (Å²) < 4.78 is 5.38. The summed E-state index contributed by atoms with van der Waals surface area (Å²) >= 11 is 0. The van der Waals surface area contributed by atoms with Crippen molar-refractivity contribution in [1.29, 1.82) is 0 Å². The van der Waals surface area contributed by atoms with Gasteiger partial charge >= 0.3 is 0 Å². The summed E-state index contributed by atoms with van der Waals surface area (Å²) in [5, 5.41) is 15.0. The van der Waals surface area contributed by atoms with Crippen molar-refractivity contribution in [3.63, 3.8) is 0 Å². The molecule has 1 heterocycles. The molecule has 0 saturated heterocycles. The summed E-state index contributed by atoms with van der Waals surface area (Å²) in [6, 6.07) is 1.27. The van der Waals surface area contributed by atoms with Crippen LogP contribution in [-0.4, -0.2) is 23.0 Å². The Morgan fingerprint density at radius 1 is 1.43 bits per heavy atom. The van der Waals surface area contributed by atoms with E-state index in [-0.39, 0.29) is 17.7 Å². The molecule has 0 spiro atoms. The summed E-state index contributed by atoms with van der Waals surface area (Å²) in [5.74, 6) is 1.30. The summed E-state index contributed by atoms with van der Waals surface area (Å²) in [6.07, 6.45) is 5.38. The number of furan rings is 1. The van der Waals surface area contributed by atoms with E-state index >= 15 is 0 Å². The molecule has 116 valence electrons. The first kappa shape index (κ1) is 15.4. The number of carbonyl (C=O) groups is 1. The number of aryl methyl sites for hydroxylation is 2. The summed E-state index contributed by atoms with van der Waals surface area (Å²) in [7, 11) is 0. The second-order valence-electron chi connectivity index (χ2n) is 5.70. The SMILES string of the molecule is Cc1cc(C(=O)NC(/C(N)=N/O)C2CCCCC2)c(C)o1. The smallest absolute Gasteiger partial charge is 0.255 e. The Morgan fingerprint density at radius 2 is 2.10 bits per heavy atom. The zero-order chi connectivity index (χ0) is 15.4. The molecule has 1 amide bonds. The van der Waals surface area contributed by atoms with Crippen LogP contribution in [0.25, 0.3) is 0 Å². The van der Waals surface area contributed by atoms with Gasteiger partial charge in [-0.05, 0) is 38.7 Å². The lowest BCUT2D eigenvalue weighted by molar-refractivity contribution is 0.0929. The lowest BCUT2D eigenvalue weighted by Crippen LogP contribution is -2.49. The van der Waals surface area contributed by atoms with Crippen LogP contribution in [0.2, 0.25) is 0 Å². The Labute approximate surface area is 124 Å². The van der Waals surface area contributed by atoms with Crippen LogP contribution in [0.4, 0.5) is 0 Å². The van der Waals surface area contributed by atoms with Crippen LogP contribution in [0.15, 0.2) is 15.6 Å². The van der Waals surface area contributed by atoms with E-state index in [1.807, 2.05) is 0 Å². The maximum absolute atomic E-state index is 12.4. The summed E-state index contributed by atoms with van der Waals surface area (Å²) in [5.41, 5.74) is 6.28. The second kappa shape index (κ2) is 6.65. The first-order chi connectivity index (χ1) is 10.0. The fourth-order valence-electron chi connectivity index (χ4n) is 3.04. The van der Waals surface area contributed by atoms with E-state index in [1.165, 1.54) is 6.42 Å². The lowest BCUT2D eigenvalue weighted by Gasteiger charge is -2.29. The molecule has 1 fully saturated rings. The second-order valence-corrected chi connectivity index (χ2v) is 5.70. The van der Waals surface area contributed by atoms with Gasteiger partial charge in [-0.1, -0.05) is 24.4 Å². The van der Waals surface area contributed by atoms with Gasteiger partial charge < -0.3 is 20.7 Å². The number of hydrogen-bond donors (Lipinski definition) is 3. The van der Waals surface area contributed by atoms with Gasteiger partial charge in [0.05, 0.1) is 11.6 Å². The van der Waals surface area contributed by atoms with Crippen molar-refractivity contribution in [2.45, 2.75) is 52.0 Å². The van der Waals surface area contributed by atoms with Gasteiger partial charge in [0.2, 0.25) is 0 Å². The van der Waals surface area contributed by atoms with Crippen molar-refractivity contribution in [1.82, 2.24) is 5.32 Å². The number of nitrogens with zero attached hydrogens (tertiary/aromatic N) is 1. The molecular weight excluding hydrogens is 270 g/mol. The number of oxime groups is 1. The molecule has 1 aliphatic carbocycles. The van der Waals surface area contributed by atoms with Crippen LogP contribution in [0, 0.1) is 19.8 Å². The average molecular weight is 293 g/mol. The fraction of sp³-hybridized carbons (Fsp3) is 0.600. The minimum atomic E-state index is -0.433. The van der Waals surface area contributed by atoms with Gasteiger partial charge in [-0.3, -0.25) is 4.79 Å². The number of carbonyl (C=O) groups excluding carboxylic acids is 1. The van der Waals surface area contributed by atoms with Gasteiger partial charge in [-0.25, -0.2) is 0 Å². The minimum absolute atomic E-state index is 0.0631. The molecule has 4 N–H and O–H groups in total. The third-order valence-electron chi connectivity index (χ3n) is 4.13. The van der Waals surface area contributed by atoms with Crippen molar-refractivity contribution in [3.05, 3.63) is 23.2 Å². The minimum Gasteiger partial charge on any atom is -0.466 e. The van der Waals surface area contributed by atoms with Crippen LogP contribution in [0.1, 0.15) is 54.0 Å². The number of rotatable bonds is 4. The Balaban J connectivity index is 2.14. The molecule has 1 saturated carbocycles. The molecule has 1 aromatic rings. The van der Waals surface area contributed by atoms with Crippen LogP contribution < -0.4 is 11.1 Å². The Morgan fingerprint density at radius 3 is 2.62 bits per heavy atom. The highest BCUT2D eigenvalue weighted by Crippen LogP contribution is 2.27. The van der Waals surface area contributed by atoms with E-state index < -0.39 is 6.04 Å². The van der Waals surface area contributed by atoms with Gasteiger partial charge in [0, 0.05) is 0 Å². The van der Waals surface area contributed by atoms with Gasteiger partial charge in [0.1, 0.15) is 11.5 Å². The normalized spacial score (nSPS) is 18.5. The monoisotopic (exact) mass is 293 g/mol. The van der Waals surface area contributed by atoms with Crippen molar-refractivity contribution < 1.29 is 14.4 Å². The molecule has 6 heteroatoms. The van der Waals surface area contributed by atoms with Gasteiger partial charge in [-0.2, -0.15) is 0 Å². The predicted octanol–water partition coefficient (Wildman–Crippen LogP) is 2.32. The first-order valence-electron chi connectivity index (χ1n) is 7.38. The first-order valence-corrected chi connectivity index (χ1v) is 7.38. The van der Waals surface area contributed by atoms with E-state index in [9.17, 15) is 4.79 Å². The molecular formula is C15H23N3O3. The van der Waals surface area contributed by atoms with Crippen molar-refractivity contribution in [3.8, 4) is 0 Å². The van der Waals surface area contributed by atoms with Crippen LogP contribution in [-0.2, 0) is 0 Å². The van der Waals surface area contributed by atoms with E-state index in [1.54, 1.807) is 19.9 Å². The van der Waals surface area contributed by atoms with E-state index in [4.69, 9.17) is 15.4 Å². The third-order valence-corrected chi connectivity index (χ3v) is 4.13. The van der Waals surface area contributed by atoms with Crippen LogP contribution >= 0.6 is 0 Å².